The molecule has 0 N–H and O–H groups in total. The molecule has 0 amide bonds. The van der Waals surface area contributed by atoms with Crippen molar-refractivity contribution in [2.24, 2.45) is 11.8 Å². The Bertz CT molecular complexity index is 383. The van der Waals surface area contributed by atoms with Crippen molar-refractivity contribution in [3.8, 4) is 5.75 Å². The lowest BCUT2D eigenvalue weighted by molar-refractivity contribution is -0.118. The van der Waals surface area contributed by atoms with Gasteiger partial charge in [-0.25, -0.2) is 0 Å². The quantitative estimate of drug-likeness (QED) is 0.758. The van der Waals surface area contributed by atoms with E-state index in [1.807, 2.05) is 24.3 Å². The molecule has 0 saturated heterocycles. The van der Waals surface area contributed by atoms with Crippen LogP contribution in [0.3, 0.4) is 0 Å². The molecule has 1 aromatic rings. The maximum absolute atomic E-state index is 11.1. The highest BCUT2D eigenvalue weighted by atomic mass is 16.5. The summed E-state index contributed by atoms with van der Waals surface area (Å²) in [5, 5.41) is 0. The smallest absolute Gasteiger partial charge is 0.133 e. The molecule has 1 aliphatic rings. The number of ether oxygens (including phenoxy) is 2. The van der Waals surface area contributed by atoms with Crippen LogP contribution in [-0.2, 0) is 16.1 Å². The van der Waals surface area contributed by atoms with E-state index in [1.54, 1.807) is 14.0 Å². The zero-order valence-electron chi connectivity index (χ0n) is 10.3. The molecule has 0 aromatic heterocycles. The Labute approximate surface area is 102 Å². The number of Topliss-reactive ketones (excluding diaryl/α,β-unsaturated/α-hetero) is 1. The summed E-state index contributed by atoms with van der Waals surface area (Å²) in [6, 6.07) is 7.84. The molecule has 1 saturated carbocycles. The van der Waals surface area contributed by atoms with Crippen LogP contribution in [0.5, 0.6) is 5.75 Å². The van der Waals surface area contributed by atoms with Gasteiger partial charge < -0.3 is 9.47 Å². The third-order valence-corrected chi connectivity index (χ3v) is 3.20. The molecule has 0 unspecified atom stereocenters. The minimum absolute atomic E-state index is 0.255. The van der Waals surface area contributed by atoms with Crippen molar-refractivity contribution in [2.75, 3.05) is 13.7 Å². The summed E-state index contributed by atoms with van der Waals surface area (Å²) in [5.74, 6) is 1.85. The number of ketones is 1. The lowest BCUT2D eigenvalue weighted by Gasteiger charge is -2.05. The van der Waals surface area contributed by atoms with Gasteiger partial charge in [-0.3, -0.25) is 4.79 Å². The number of carbonyl (C=O) groups excluding carboxylic acids is 1. The third kappa shape index (κ3) is 3.30. The molecular weight excluding hydrogens is 216 g/mol. The standard InChI is InChI=1S/C14H18O3/c1-10(15)14-7-12(14)9-17-8-11-3-5-13(16-2)6-4-11/h3-6,12,14H,7-9H2,1-2H3/t12-,14-/m0/s1. The van der Waals surface area contributed by atoms with Crippen LogP contribution in [0.1, 0.15) is 18.9 Å². The van der Waals surface area contributed by atoms with Gasteiger partial charge in [-0.2, -0.15) is 0 Å². The Kier molecular flexibility index (Phi) is 3.79. The van der Waals surface area contributed by atoms with Gasteiger partial charge in [0, 0.05) is 5.92 Å². The van der Waals surface area contributed by atoms with Crippen LogP contribution in [0.25, 0.3) is 0 Å². The number of methoxy groups -OCH3 is 1. The summed E-state index contributed by atoms with van der Waals surface area (Å²) in [4.78, 5) is 11.1. The number of rotatable bonds is 6. The van der Waals surface area contributed by atoms with Crippen molar-refractivity contribution in [3.05, 3.63) is 29.8 Å². The second kappa shape index (κ2) is 5.32. The minimum atomic E-state index is 0.255. The van der Waals surface area contributed by atoms with Crippen LogP contribution in [0.15, 0.2) is 24.3 Å². The fourth-order valence-electron chi connectivity index (χ4n) is 1.98. The van der Waals surface area contributed by atoms with Crippen molar-refractivity contribution in [1.29, 1.82) is 0 Å². The highest BCUT2D eigenvalue weighted by Gasteiger charge is 2.40. The van der Waals surface area contributed by atoms with Gasteiger partial charge in [0.15, 0.2) is 0 Å². The van der Waals surface area contributed by atoms with Gasteiger partial charge in [-0.1, -0.05) is 12.1 Å². The molecule has 3 heteroatoms. The van der Waals surface area contributed by atoms with Gasteiger partial charge in [0.2, 0.25) is 0 Å². The fourth-order valence-corrected chi connectivity index (χ4v) is 1.98. The van der Waals surface area contributed by atoms with Gasteiger partial charge in [-0.05, 0) is 37.0 Å². The van der Waals surface area contributed by atoms with E-state index in [4.69, 9.17) is 9.47 Å². The van der Waals surface area contributed by atoms with Crippen LogP contribution < -0.4 is 4.74 Å². The first-order valence-electron chi connectivity index (χ1n) is 5.92. The number of carbonyl (C=O) groups is 1. The summed E-state index contributed by atoms with van der Waals surface area (Å²) < 4.78 is 10.7. The van der Waals surface area contributed by atoms with E-state index in [2.05, 4.69) is 0 Å². The molecule has 0 spiro atoms. The van der Waals surface area contributed by atoms with Crippen LogP contribution >= 0.6 is 0 Å². The summed E-state index contributed by atoms with van der Waals surface area (Å²) >= 11 is 0. The Morgan fingerprint density at radius 1 is 1.35 bits per heavy atom. The first-order valence-corrected chi connectivity index (χ1v) is 5.92. The average Bonchev–Trinajstić information content (AvgIpc) is 3.10. The fraction of sp³-hybridized carbons (Fsp3) is 0.500. The van der Waals surface area contributed by atoms with Crippen LogP contribution in [0.4, 0.5) is 0 Å². The van der Waals surface area contributed by atoms with E-state index in [-0.39, 0.29) is 5.92 Å². The normalized spacial score (nSPS) is 22.2. The molecule has 0 radical (unpaired) electrons. The Balaban J connectivity index is 1.70. The van der Waals surface area contributed by atoms with E-state index < -0.39 is 0 Å². The largest absolute Gasteiger partial charge is 0.497 e. The van der Waals surface area contributed by atoms with E-state index in [9.17, 15) is 4.79 Å². The lowest BCUT2D eigenvalue weighted by Crippen LogP contribution is -2.02. The predicted molar refractivity (Wildman–Crippen MR) is 64.9 cm³/mol. The number of hydrogen-bond acceptors (Lipinski definition) is 3. The molecule has 3 nitrogen and oxygen atoms in total. The molecule has 2 atom stereocenters. The second-order valence-corrected chi connectivity index (χ2v) is 4.58. The molecule has 17 heavy (non-hydrogen) atoms. The summed E-state index contributed by atoms with van der Waals surface area (Å²) in [6.45, 7) is 2.95. The molecule has 0 aliphatic heterocycles. The van der Waals surface area contributed by atoms with Gasteiger partial charge >= 0.3 is 0 Å². The van der Waals surface area contributed by atoms with E-state index in [0.717, 1.165) is 17.7 Å². The zero-order valence-corrected chi connectivity index (χ0v) is 10.3. The summed E-state index contributed by atoms with van der Waals surface area (Å²) in [6.07, 6.45) is 0.998. The first-order chi connectivity index (χ1) is 8.20. The van der Waals surface area contributed by atoms with Gasteiger partial charge in [0.05, 0.1) is 20.3 Å². The van der Waals surface area contributed by atoms with Gasteiger partial charge in [0.25, 0.3) is 0 Å². The monoisotopic (exact) mass is 234 g/mol. The van der Waals surface area contributed by atoms with Gasteiger partial charge in [-0.15, -0.1) is 0 Å². The van der Waals surface area contributed by atoms with Crippen molar-refractivity contribution in [3.63, 3.8) is 0 Å². The molecule has 1 fully saturated rings. The summed E-state index contributed by atoms with van der Waals surface area (Å²) in [7, 11) is 1.65. The molecular formula is C14H18O3. The Morgan fingerprint density at radius 2 is 2.06 bits per heavy atom. The number of benzene rings is 1. The second-order valence-electron chi connectivity index (χ2n) is 4.58. The van der Waals surface area contributed by atoms with Crippen molar-refractivity contribution < 1.29 is 14.3 Å². The zero-order chi connectivity index (χ0) is 12.3. The molecule has 1 aromatic carbocycles. The van der Waals surface area contributed by atoms with Crippen molar-refractivity contribution >= 4 is 5.78 Å². The van der Waals surface area contributed by atoms with E-state index in [1.165, 1.54) is 0 Å². The highest BCUT2D eigenvalue weighted by Crippen LogP contribution is 2.39. The predicted octanol–water partition coefficient (Wildman–Crippen LogP) is 2.44. The molecule has 0 bridgehead atoms. The van der Waals surface area contributed by atoms with E-state index in [0.29, 0.717) is 24.9 Å². The minimum Gasteiger partial charge on any atom is -0.497 e. The van der Waals surface area contributed by atoms with Crippen LogP contribution in [-0.4, -0.2) is 19.5 Å². The Morgan fingerprint density at radius 3 is 2.59 bits per heavy atom. The first kappa shape index (κ1) is 12.1. The van der Waals surface area contributed by atoms with Crippen molar-refractivity contribution in [2.45, 2.75) is 20.0 Å². The lowest BCUT2D eigenvalue weighted by atomic mass is 10.2. The van der Waals surface area contributed by atoms with E-state index >= 15 is 0 Å². The van der Waals surface area contributed by atoms with Crippen LogP contribution in [0.2, 0.25) is 0 Å². The third-order valence-electron chi connectivity index (χ3n) is 3.20. The number of hydrogen-bond donors (Lipinski definition) is 0. The molecule has 2 rings (SSSR count). The SMILES string of the molecule is COc1ccc(COC[C@@H]2C[C@H]2C(C)=O)cc1. The highest BCUT2D eigenvalue weighted by molar-refractivity contribution is 5.81. The Hall–Kier alpha value is -1.35. The topological polar surface area (TPSA) is 35.5 Å². The molecule has 1 aliphatic carbocycles. The average molecular weight is 234 g/mol. The van der Waals surface area contributed by atoms with Gasteiger partial charge in [0.1, 0.15) is 11.5 Å². The molecule has 0 heterocycles. The molecule has 92 valence electrons. The van der Waals surface area contributed by atoms with Crippen molar-refractivity contribution in [1.82, 2.24) is 0 Å². The summed E-state index contributed by atoms with van der Waals surface area (Å²) in [5.41, 5.74) is 1.13. The maximum Gasteiger partial charge on any atom is 0.133 e. The van der Waals surface area contributed by atoms with Crippen LogP contribution in [0, 0.1) is 11.8 Å². The maximum atomic E-state index is 11.1.